The average molecular weight is 800 g/mol. The number of fused-ring (bicyclic) bond motifs is 8. The van der Waals surface area contributed by atoms with E-state index in [0.717, 1.165) is 6.42 Å². The predicted molar refractivity (Wildman–Crippen MR) is 266 cm³/mol. The molecule has 1 aliphatic heterocycles. The van der Waals surface area contributed by atoms with Crippen molar-refractivity contribution >= 4 is 46.9 Å². The second-order valence-electron chi connectivity index (χ2n) is 19.8. The predicted octanol–water partition coefficient (Wildman–Crippen LogP) is 14.2. The van der Waals surface area contributed by atoms with Crippen molar-refractivity contribution in [3.05, 3.63) is 220 Å². The fraction of sp³-hybridized carbons (Fsp3) is 0.200. The van der Waals surface area contributed by atoms with Crippen molar-refractivity contribution in [2.24, 2.45) is 5.92 Å². The van der Waals surface area contributed by atoms with Crippen molar-refractivity contribution in [2.75, 3.05) is 4.90 Å². The summed E-state index contributed by atoms with van der Waals surface area (Å²) in [5.74, 6) is 0.587. The lowest BCUT2D eigenvalue weighted by molar-refractivity contribution is 0.631. The Morgan fingerprint density at radius 1 is 0.484 bits per heavy atom. The lowest BCUT2D eigenvalue weighted by Crippen LogP contribution is -2.44. The normalized spacial score (nSPS) is 18.0. The highest BCUT2D eigenvalue weighted by atomic mass is 15.2. The fourth-order valence-corrected chi connectivity index (χ4v) is 11.4. The van der Waals surface area contributed by atoms with Crippen molar-refractivity contribution in [1.29, 1.82) is 0 Å². The molecule has 3 aliphatic carbocycles. The SMILES string of the molecule is CC1C=CC(B(c2ccccc2)c2ccc3c(c2)C(C)(C)c2cc(/C=C/c4ccc5c(c4)C(C)(C)c4cc(N6c7ccccc7C(C)(C)c7ccccc76)ccc4-5)ccc2-3)=CC1. The van der Waals surface area contributed by atoms with Crippen LogP contribution < -0.4 is 15.8 Å². The van der Waals surface area contributed by atoms with Crippen molar-refractivity contribution in [3.8, 4) is 22.3 Å². The van der Waals surface area contributed by atoms with E-state index >= 15 is 0 Å². The van der Waals surface area contributed by atoms with Gasteiger partial charge in [-0.15, -0.1) is 0 Å². The van der Waals surface area contributed by atoms with Crippen LogP contribution in [0.4, 0.5) is 17.1 Å². The summed E-state index contributed by atoms with van der Waals surface area (Å²) in [7, 11) is 0. The monoisotopic (exact) mass is 799 g/mol. The molecule has 0 fully saturated rings. The Morgan fingerprint density at radius 2 is 0.968 bits per heavy atom. The Kier molecular flexibility index (Phi) is 8.75. The van der Waals surface area contributed by atoms with E-state index in [1.54, 1.807) is 0 Å². The average Bonchev–Trinajstić information content (AvgIpc) is 3.65. The molecular formula is C60H54BN. The van der Waals surface area contributed by atoms with Gasteiger partial charge in [0, 0.05) is 21.9 Å². The van der Waals surface area contributed by atoms with E-state index in [1.807, 2.05) is 0 Å². The smallest absolute Gasteiger partial charge is 0.240 e. The van der Waals surface area contributed by atoms with Gasteiger partial charge in [0.2, 0.25) is 6.71 Å². The molecule has 2 heteroatoms. The first-order chi connectivity index (χ1) is 29.9. The quantitative estimate of drug-likeness (QED) is 0.120. The third-order valence-electron chi connectivity index (χ3n) is 14.9. The summed E-state index contributed by atoms with van der Waals surface area (Å²) in [5.41, 5.74) is 23.6. The number of nitrogens with zero attached hydrogens (tertiary/aromatic N) is 1. The first kappa shape index (κ1) is 38.5. The van der Waals surface area contributed by atoms with Crippen molar-refractivity contribution < 1.29 is 0 Å². The van der Waals surface area contributed by atoms with Crippen LogP contribution in [-0.2, 0) is 16.2 Å². The highest BCUT2D eigenvalue weighted by Gasteiger charge is 2.40. The molecule has 1 heterocycles. The minimum absolute atomic E-state index is 0.0821. The Bertz CT molecular complexity index is 3000. The Balaban J connectivity index is 0.888. The fourth-order valence-electron chi connectivity index (χ4n) is 11.4. The van der Waals surface area contributed by atoms with Gasteiger partial charge in [0.15, 0.2) is 0 Å². The summed E-state index contributed by atoms with van der Waals surface area (Å²) in [6.45, 7) is 16.8. The number of hydrogen-bond acceptors (Lipinski definition) is 1. The second kappa shape index (κ2) is 14.1. The first-order valence-electron chi connectivity index (χ1n) is 22.6. The molecule has 0 amide bonds. The number of benzene rings is 7. The second-order valence-corrected chi connectivity index (χ2v) is 19.8. The molecule has 1 unspecified atom stereocenters. The van der Waals surface area contributed by atoms with E-state index in [4.69, 9.17) is 0 Å². The Labute approximate surface area is 369 Å². The lowest BCUT2D eigenvalue weighted by atomic mass is 9.35. The van der Waals surface area contributed by atoms with Crippen molar-refractivity contribution in [1.82, 2.24) is 0 Å². The number of rotatable bonds is 6. The molecule has 7 aromatic rings. The van der Waals surface area contributed by atoms with Gasteiger partial charge in [-0.05, 0) is 103 Å². The third kappa shape index (κ3) is 5.90. The number of allylic oxidation sites excluding steroid dienone is 4. The van der Waals surface area contributed by atoms with E-state index in [0.29, 0.717) is 5.92 Å². The summed E-state index contributed by atoms with van der Waals surface area (Å²) in [6.07, 6.45) is 12.9. The maximum absolute atomic E-state index is 2.51. The molecule has 0 aromatic heterocycles. The minimum Gasteiger partial charge on any atom is -0.310 e. The van der Waals surface area contributed by atoms with Gasteiger partial charge in [-0.3, -0.25) is 0 Å². The largest absolute Gasteiger partial charge is 0.310 e. The van der Waals surface area contributed by atoms with Gasteiger partial charge in [0.25, 0.3) is 0 Å². The van der Waals surface area contributed by atoms with Gasteiger partial charge in [0.05, 0.1) is 11.4 Å². The van der Waals surface area contributed by atoms with Crippen LogP contribution >= 0.6 is 0 Å². The van der Waals surface area contributed by atoms with Gasteiger partial charge in [-0.1, -0.05) is 223 Å². The van der Waals surface area contributed by atoms with Crippen LogP contribution in [0.3, 0.4) is 0 Å². The minimum atomic E-state index is -0.150. The van der Waals surface area contributed by atoms with Gasteiger partial charge in [0.1, 0.15) is 0 Å². The molecular weight excluding hydrogens is 745 g/mol. The third-order valence-corrected chi connectivity index (χ3v) is 14.9. The first-order valence-corrected chi connectivity index (χ1v) is 22.6. The molecule has 0 N–H and O–H groups in total. The highest BCUT2D eigenvalue weighted by Crippen LogP contribution is 2.55. The van der Waals surface area contributed by atoms with Gasteiger partial charge < -0.3 is 4.90 Å². The van der Waals surface area contributed by atoms with Gasteiger partial charge in [-0.2, -0.15) is 0 Å². The van der Waals surface area contributed by atoms with E-state index in [9.17, 15) is 0 Å². The van der Waals surface area contributed by atoms with E-state index < -0.39 is 0 Å². The number of anilines is 3. The van der Waals surface area contributed by atoms with Crippen LogP contribution in [0.15, 0.2) is 175 Å². The summed E-state index contributed by atoms with van der Waals surface area (Å²) in [4.78, 5) is 2.48. The zero-order valence-electron chi connectivity index (χ0n) is 37.1. The van der Waals surface area contributed by atoms with Gasteiger partial charge >= 0.3 is 0 Å². The summed E-state index contributed by atoms with van der Waals surface area (Å²) < 4.78 is 0. The molecule has 7 aromatic carbocycles. The Morgan fingerprint density at radius 3 is 1.53 bits per heavy atom. The van der Waals surface area contributed by atoms with Crippen LogP contribution in [0.1, 0.15) is 99.4 Å². The molecule has 1 nitrogen and oxygen atoms in total. The number of para-hydroxylation sites is 2. The molecule has 4 aliphatic rings. The van der Waals surface area contributed by atoms with E-state index in [2.05, 4.69) is 235 Å². The zero-order chi connectivity index (χ0) is 42.5. The van der Waals surface area contributed by atoms with Crippen molar-refractivity contribution in [3.63, 3.8) is 0 Å². The van der Waals surface area contributed by atoms with Gasteiger partial charge in [-0.25, -0.2) is 0 Å². The summed E-state index contributed by atoms with van der Waals surface area (Å²) >= 11 is 0. The summed E-state index contributed by atoms with van der Waals surface area (Å²) in [6, 6.07) is 57.5. The Hall–Kier alpha value is -6.38. The van der Waals surface area contributed by atoms with Crippen LogP contribution in [0, 0.1) is 5.92 Å². The molecule has 1 atom stereocenters. The van der Waals surface area contributed by atoms with Crippen LogP contribution in [0.2, 0.25) is 0 Å². The molecule has 11 rings (SSSR count). The molecule has 302 valence electrons. The highest BCUT2D eigenvalue weighted by molar-refractivity contribution is 6.91. The van der Waals surface area contributed by atoms with Crippen LogP contribution in [0.5, 0.6) is 0 Å². The molecule has 0 saturated carbocycles. The van der Waals surface area contributed by atoms with E-state index in [1.165, 1.54) is 100 Å². The van der Waals surface area contributed by atoms with E-state index in [-0.39, 0.29) is 23.0 Å². The number of hydrogen-bond donors (Lipinski definition) is 0. The maximum Gasteiger partial charge on any atom is 0.240 e. The molecule has 62 heavy (non-hydrogen) atoms. The molecule has 0 bridgehead atoms. The lowest BCUT2D eigenvalue weighted by Gasteiger charge is -2.42. The van der Waals surface area contributed by atoms with Crippen LogP contribution in [0.25, 0.3) is 34.4 Å². The zero-order valence-corrected chi connectivity index (χ0v) is 37.1. The standard InChI is InChI=1S/C60H54BN/c1-39-21-27-43(28-22-39)61(42-15-9-8-10-16-42)44-29-33-48-46-31-25-40(35-52(46)59(4,5)54(48)37-44)23-24-41-26-32-47-49-34-30-45(38-55(49)60(6,7)53(47)36-41)62-56-19-13-11-17-50(56)58(2,3)51-18-12-14-20-57(51)62/h8-21,23-39H,22H2,1-7H3/b24-23+. The van der Waals surface area contributed by atoms with Crippen molar-refractivity contribution in [2.45, 2.75) is 71.1 Å². The molecule has 0 spiro atoms. The molecule has 0 saturated heterocycles. The molecule has 0 radical (unpaired) electrons. The topological polar surface area (TPSA) is 3.24 Å². The maximum atomic E-state index is 2.51. The van der Waals surface area contributed by atoms with Crippen LogP contribution in [-0.4, -0.2) is 6.71 Å². The summed E-state index contributed by atoms with van der Waals surface area (Å²) in [5, 5.41) is 0.